The Kier molecular flexibility index (Phi) is 7.61. The lowest BCUT2D eigenvalue weighted by Crippen LogP contribution is -2.40. The maximum absolute atomic E-state index is 13.4. The topological polar surface area (TPSA) is 132 Å². The number of furan rings is 2. The van der Waals surface area contributed by atoms with Gasteiger partial charge in [-0.25, -0.2) is 18.2 Å². The Bertz CT molecular complexity index is 1570. The molecule has 1 amide bonds. The van der Waals surface area contributed by atoms with Gasteiger partial charge in [-0.2, -0.15) is 9.41 Å². The first-order valence-electron chi connectivity index (χ1n) is 13.5. The van der Waals surface area contributed by atoms with Crippen LogP contribution in [0.4, 0.5) is 0 Å². The zero-order valence-electron chi connectivity index (χ0n) is 22.2. The number of carbonyl (C=O) groups is 2. The van der Waals surface area contributed by atoms with Gasteiger partial charge >= 0.3 is 5.97 Å². The Labute approximate surface area is 237 Å². The van der Waals surface area contributed by atoms with Crippen molar-refractivity contribution in [2.75, 3.05) is 32.9 Å². The fourth-order valence-electron chi connectivity index (χ4n) is 5.49. The molecule has 11 nitrogen and oxygen atoms in total. The van der Waals surface area contributed by atoms with Crippen molar-refractivity contribution >= 4 is 33.7 Å². The second-order valence-corrected chi connectivity index (χ2v) is 11.9. The highest BCUT2D eigenvalue weighted by atomic mass is 32.2. The number of sulfonamides is 1. The monoisotopic (exact) mass is 579 g/mol. The van der Waals surface area contributed by atoms with E-state index in [9.17, 15) is 18.0 Å². The van der Waals surface area contributed by atoms with E-state index in [2.05, 4.69) is 0 Å². The summed E-state index contributed by atoms with van der Waals surface area (Å²) in [6.07, 6.45) is 7.61. The molecule has 1 aromatic carbocycles. The van der Waals surface area contributed by atoms with Crippen LogP contribution in [0.2, 0.25) is 0 Å². The van der Waals surface area contributed by atoms with Crippen molar-refractivity contribution in [1.82, 2.24) is 9.31 Å². The Morgan fingerprint density at radius 2 is 1.85 bits per heavy atom. The van der Waals surface area contributed by atoms with Crippen LogP contribution < -0.4 is 0 Å². The third-order valence-corrected chi connectivity index (χ3v) is 9.35. The predicted octanol–water partition coefficient (Wildman–Crippen LogP) is 3.87. The van der Waals surface area contributed by atoms with E-state index < -0.39 is 34.5 Å². The summed E-state index contributed by atoms with van der Waals surface area (Å²) >= 11 is 0. The van der Waals surface area contributed by atoms with Crippen LogP contribution in [0.3, 0.4) is 0 Å². The minimum Gasteiger partial charge on any atom is -0.467 e. The molecular formula is C29H29N3O8S. The Hall–Kier alpha value is -4.00. The number of hydrogen-bond acceptors (Lipinski definition) is 9. The second kappa shape index (κ2) is 11.5. The highest BCUT2D eigenvalue weighted by Gasteiger charge is 2.45. The second-order valence-electron chi connectivity index (χ2n) is 9.99. The van der Waals surface area contributed by atoms with E-state index >= 15 is 0 Å². The van der Waals surface area contributed by atoms with Gasteiger partial charge in [0.2, 0.25) is 10.0 Å². The van der Waals surface area contributed by atoms with Crippen molar-refractivity contribution < 1.29 is 36.3 Å². The van der Waals surface area contributed by atoms with Gasteiger partial charge in [0, 0.05) is 19.0 Å². The standard InChI is InChI=1S/C29H29N3O8S/c33-26(19-40-29(34)21-6-1-8-23(18-21)41(35,36)31-11-15-37-16-12-31)32-28(25-10-4-14-39-25)24-9-2-5-20(27(24)30-32)17-22-7-3-13-38-22/h1,3-4,6-8,10,13-14,17-18,24,28H,2,5,9,11-12,15-16,19H2/b20-17-/t24-,28-/m1/s1. The number of rotatable bonds is 7. The van der Waals surface area contributed by atoms with Crippen LogP contribution in [0.5, 0.6) is 0 Å². The van der Waals surface area contributed by atoms with Gasteiger partial charge in [-0.15, -0.1) is 0 Å². The van der Waals surface area contributed by atoms with Gasteiger partial charge in [0.1, 0.15) is 17.6 Å². The molecule has 6 rings (SSSR count). The summed E-state index contributed by atoms with van der Waals surface area (Å²) in [5, 5.41) is 6.04. The highest BCUT2D eigenvalue weighted by Crippen LogP contribution is 2.44. The van der Waals surface area contributed by atoms with Crippen LogP contribution in [0, 0.1) is 5.92 Å². The van der Waals surface area contributed by atoms with E-state index in [-0.39, 0.29) is 29.5 Å². The van der Waals surface area contributed by atoms with Crippen LogP contribution in [0.15, 0.2) is 85.5 Å². The van der Waals surface area contributed by atoms with Gasteiger partial charge in [0.15, 0.2) is 6.61 Å². The average molecular weight is 580 g/mol. The highest BCUT2D eigenvalue weighted by molar-refractivity contribution is 7.89. The molecule has 0 radical (unpaired) electrons. The SMILES string of the molecule is O=C(OCC(=O)N1N=C2/C(=C\c3ccco3)CCC[C@H]2[C@@H]1c1ccco1)c1cccc(S(=O)(=O)N2CCOCC2)c1. The van der Waals surface area contributed by atoms with E-state index in [1.54, 1.807) is 24.7 Å². The predicted molar refractivity (Wildman–Crippen MR) is 146 cm³/mol. The van der Waals surface area contributed by atoms with Crippen molar-refractivity contribution in [3.8, 4) is 0 Å². The van der Waals surface area contributed by atoms with Gasteiger partial charge in [0.25, 0.3) is 5.91 Å². The lowest BCUT2D eigenvalue weighted by molar-refractivity contribution is -0.137. The lowest BCUT2D eigenvalue weighted by Gasteiger charge is -2.27. The van der Waals surface area contributed by atoms with Crippen LogP contribution in [0.1, 0.15) is 47.2 Å². The molecule has 2 aliphatic heterocycles. The van der Waals surface area contributed by atoms with Crippen molar-refractivity contribution in [2.24, 2.45) is 11.0 Å². The normalized spacial score (nSPS) is 22.4. The van der Waals surface area contributed by atoms with Crippen LogP contribution in [-0.2, 0) is 24.3 Å². The molecule has 0 spiro atoms. The molecular weight excluding hydrogens is 550 g/mol. The quantitative estimate of drug-likeness (QED) is 0.386. The lowest BCUT2D eigenvalue weighted by atomic mass is 9.79. The molecule has 41 heavy (non-hydrogen) atoms. The summed E-state index contributed by atoms with van der Waals surface area (Å²) < 4.78 is 49.2. The maximum atomic E-state index is 13.4. The number of benzene rings is 1. The average Bonchev–Trinajstić information content (AvgIpc) is 3.78. The molecule has 0 bridgehead atoms. The first-order valence-corrected chi connectivity index (χ1v) is 14.9. The minimum absolute atomic E-state index is 0.0241. The Balaban J connectivity index is 1.20. The molecule has 3 aliphatic rings. The Morgan fingerprint density at radius 1 is 1.05 bits per heavy atom. The van der Waals surface area contributed by atoms with Gasteiger partial charge < -0.3 is 18.3 Å². The van der Waals surface area contributed by atoms with Crippen LogP contribution in [0.25, 0.3) is 6.08 Å². The minimum atomic E-state index is -3.80. The molecule has 3 aromatic rings. The summed E-state index contributed by atoms with van der Waals surface area (Å²) in [5.41, 5.74) is 1.80. The molecule has 1 aliphatic carbocycles. The smallest absolute Gasteiger partial charge is 0.338 e. The number of hydrazone groups is 1. The van der Waals surface area contributed by atoms with E-state index in [1.807, 2.05) is 18.2 Å². The Morgan fingerprint density at radius 3 is 2.61 bits per heavy atom. The zero-order chi connectivity index (χ0) is 28.4. The van der Waals surface area contributed by atoms with Gasteiger partial charge in [0.05, 0.1) is 41.9 Å². The summed E-state index contributed by atoms with van der Waals surface area (Å²) in [5.74, 6) is -0.119. The molecule has 0 N–H and O–H groups in total. The number of allylic oxidation sites excluding steroid dienone is 1. The number of morpholine rings is 1. The fraction of sp³-hybridized carbons (Fsp3) is 0.345. The summed E-state index contributed by atoms with van der Waals surface area (Å²) in [4.78, 5) is 26.3. The molecule has 1 saturated carbocycles. The number of ether oxygens (including phenoxy) is 2. The van der Waals surface area contributed by atoms with Gasteiger partial charge in [-0.05, 0) is 73.4 Å². The van der Waals surface area contributed by atoms with Crippen LogP contribution >= 0.6 is 0 Å². The molecule has 214 valence electrons. The third-order valence-electron chi connectivity index (χ3n) is 7.46. The molecule has 12 heteroatoms. The molecule has 4 heterocycles. The first-order chi connectivity index (χ1) is 19.9. The van der Waals surface area contributed by atoms with Gasteiger partial charge in [-0.3, -0.25) is 4.79 Å². The van der Waals surface area contributed by atoms with E-state index in [4.69, 9.17) is 23.4 Å². The van der Waals surface area contributed by atoms with Crippen molar-refractivity contribution in [2.45, 2.75) is 30.2 Å². The molecule has 1 saturated heterocycles. The molecule has 2 aromatic heterocycles. The third kappa shape index (κ3) is 5.50. The molecule has 2 atom stereocenters. The zero-order valence-corrected chi connectivity index (χ0v) is 23.0. The van der Waals surface area contributed by atoms with Crippen molar-refractivity contribution in [3.63, 3.8) is 0 Å². The van der Waals surface area contributed by atoms with Crippen molar-refractivity contribution in [3.05, 3.63) is 83.7 Å². The number of hydrogen-bond donors (Lipinski definition) is 0. The summed E-state index contributed by atoms with van der Waals surface area (Å²) in [6, 6.07) is 12.4. The van der Waals surface area contributed by atoms with E-state index in [1.165, 1.54) is 33.6 Å². The summed E-state index contributed by atoms with van der Waals surface area (Å²) in [7, 11) is -3.80. The molecule has 0 unspecified atom stereocenters. The van der Waals surface area contributed by atoms with Crippen LogP contribution in [-0.4, -0.2) is 68.2 Å². The fourth-order valence-corrected chi connectivity index (χ4v) is 6.94. The van der Waals surface area contributed by atoms with E-state index in [0.717, 1.165) is 30.5 Å². The van der Waals surface area contributed by atoms with Gasteiger partial charge in [-0.1, -0.05) is 6.07 Å². The first kappa shape index (κ1) is 27.2. The maximum Gasteiger partial charge on any atom is 0.338 e. The number of fused-ring (bicyclic) bond motifs is 1. The largest absolute Gasteiger partial charge is 0.467 e. The number of amides is 1. The number of esters is 1. The van der Waals surface area contributed by atoms with E-state index in [0.29, 0.717) is 24.7 Å². The van der Waals surface area contributed by atoms with Crippen molar-refractivity contribution in [1.29, 1.82) is 0 Å². The molecule has 2 fully saturated rings. The number of nitrogens with zero attached hydrogens (tertiary/aromatic N) is 3. The number of carbonyl (C=O) groups excluding carboxylic acids is 2. The summed E-state index contributed by atoms with van der Waals surface area (Å²) in [6.45, 7) is 0.519.